The van der Waals surface area contributed by atoms with Gasteiger partial charge in [-0.3, -0.25) is 4.90 Å². The highest BCUT2D eigenvalue weighted by atomic mass is 16.7. The first-order valence-electron chi connectivity index (χ1n) is 4.95. The van der Waals surface area contributed by atoms with E-state index < -0.39 is 0 Å². The number of ether oxygens (including phenoxy) is 2. The first kappa shape index (κ1) is 11.0. The summed E-state index contributed by atoms with van der Waals surface area (Å²) < 4.78 is 10.3. The van der Waals surface area contributed by atoms with Gasteiger partial charge in [0.05, 0.1) is 0 Å². The van der Waals surface area contributed by atoms with Gasteiger partial charge in [-0.2, -0.15) is 0 Å². The predicted molar refractivity (Wildman–Crippen MR) is 52.6 cm³/mol. The Hall–Kier alpha value is -0.120. The predicted octanol–water partition coefficient (Wildman–Crippen LogP) is 1.19. The average molecular weight is 187 g/mol. The number of hydrogen-bond donors (Lipinski definition) is 0. The Labute approximate surface area is 81.0 Å². The van der Waals surface area contributed by atoms with Gasteiger partial charge in [-0.1, -0.05) is 13.8 Å². The zero-order valence-electron chi connectivity index (χ0n) is 9.12. The second kappa shape index (κ2) is 4.94. The summed E-state index contributed by atoms with van der Waals surface area (Å²) >= 11 is 0. The Morgan fingerprint density at radius 1 is 1.15 bits per heavy atom. The summed E-state index contributed by atoms with van der Waals surface area (Å²) in [5, 5.41) is 0. The third-order valence-electron chi connectivity index (χ3n) is 3.00. The van der Waals surface area contributed by atoms with Gasteiger partial charge in [-0.05, 0) is 11.8 Å². The maximum atomic E-state index is 5.17. The molecule has 1 aliphatic rings. The molecule has 2 atom stereocenters. The van der Waals surface area contributed by atoms with Crippen LogP contribution in [0.2, 0.25) is 0 Å². The summed E-state index contributed by atoms with van der Waals surface area (Å²) in [6.45, 7) is 7.84. The lowest BCUT2D eigenvalue weighted by Crippen LogP contribution is -2.33. The molecule has 2 unspecified atom stereocenters. The van der Waals surface area contributed by atoms with Gasteiger partial charge >= 0.3 is 0 Å². The molecule has 0 aromatic carbocycles. The molecule has 0 aromatic heterocycles. The van der Waals surface area contributed by atoms with Gasteiger partial charge in [0, 0.05) is 33.9 Å². The molecule has 1 rings (SSSR count). The fourth-order valence-electron chi connectivity index (χ4n) is 1.85. The van der Waals surface area contributed by atoms with Crippen molar-refractivity contribution in [3.63, 3.8) is 0 Å². The minimum Gasteiger partial charge on any atom is -0.355 e. The second-order valence-corrected chi connectivity index (χ2v) is 4.07. The molecule has 1 saturated heterocycles. The summed E-state index contributed by atoms with van der Waals surface area (Å²) in [5.74, 6) is 1.60. The van der Waals surface area contributed by atoms with Crippen LogP contribution in [0, 0.1) is 11.8 Å². The van der Waals surface area contributed by atoms with Gasteiger partial charge in [-0.25, -0.2) is 0 Å². The summed E-state index contributed by atoms with van der Waals surface area (Å²) in [7, 11) is 3.38. The molecule has 3 nitrogen and oxygen atoms in total. The Morgan fingerprint density at radius 3 is 2.00 bits per heavy atom. The van der Waals surface area contributed by atoms with Crippen molar-refractivity contribution in [3.8, 4) is 0 Å². The van der Waals surface area contributed by atoms with Crippen LogP contribution in [0.1, 0.15) is 13.8 Å². The zero-order valence-corrected chi connectivity index (χ0v) is 9.12. The smallest absolute Gasteiger partial charge is 0.169 e. The summed E-state index contributed by atoms with van der Waals surface area (Å²) in [4.78, 5) is 2.41. The highest BCUT2D eigenvalue weighted by Crippen LogP contribution is 2.22. The number of hydrogen-bond acceptors (Lipinski definition) is 3. The molecule has 0 spiro atoms. The van der Waals surface area contributed by atoms with Crippen molar-refractivity contribution < 1.29 is 9.47 Å². The van der Waals surface area contributed by atoms with E-state index in [0.29, 0.717) is 0 Å². The maximum Gasteiger partial charge on any atom is 0.169 e. The first-order chi connectivity index (χ1) is 6.17. The van der Waals surface area contributed by atoms with Crippen LogP contribution < -0.4 is 0 Å². The third kappa shape index (κ3) is 2.93. The van der Waals surface area contributed by atoms with E-state index in [1.54, 1.807) is 14.2 Å². The molecular formula is C10H21NO2. The summed E-state index contributed by atoms with van der Waals surface area (Å²) in [6.07, 6.45) is -0.0718. The zero-order chi connectivity index (χ0) is 9.84. The normalized spacial score (nSPS) is 30.2. The van der Waals surface area contributed by atoms with Gasteiger partial charge < -0.3 is 9.47 Å². The van der Waals surface area contributed by atoms with E-state index in [0.717, 1.165) is 18.4 Å². The molecule has 0 aromatic rings. The average Bonchev–Trinajstić information content (AvgIpc) is 2.42. The molecule has 0 N–H and O–H groups in total. The highest BCUT2D eigenvalue weighted by molar-refractivity contribution is 4.78. The molecule has 0 amide bonds. The van der Waals surface area contributed by atoms with Crippen molar-refractivity contribution in [2.24, 2.45) is 11.8 Å². The van der Waals surface area contributed by atoms with E-state index in [9.17, 15) is 0 Å². The molecule has 0 aliphatic carbocycles. The SMILES string of the molecule is COC(CN1CC(C)C(C)C1)OC. The van der Waals surface area contributed by atoms with Crippen LogP contribution >= 0.6 is 0 Å². The second-order valence-electron chi connectivity index (χ2n) is 4.07. The number of methoxy groups -OCH3 is 2. The minimum atomic E-state index is -0.0718. The van der Waals surface area contributed by atoms with Crippen LogP contribution in [0.25, 0.3) is 0 Å². The molecular weight excluding hydrogens is 166 g/mol. The summed E-state index contributed by atoms with van der Waals surface area (Å²) in [5.41, 5.74) is 0. The molecule has 1 aliphatic heterocycles. The van der Waals surface area contributed by atoms with Gasteiger partial charge in [0.1, 0.15) is 0 Å². The van der Waals surface area contributed by atoms with Crippen LogP contribution in [0.5, 0.6) is 0 Å². The fourth-order valence-corrected chi connectivity index (χ4v) is 1.85. The fraction of sp³-hybridized carbons (Fsp3) is 1.00. The van der Waals surface area contributed by atoms with Crippen molar-refractivity contribution in [3.05, 3.63) is 0 Å². The van der Waals surface area contributed by atoms with Crippen LogP contribution in [-0.2, 0) is 9.47 Å². The van der Waals surface area contributed by atoms with E-state index in [1.165, 1.54) is 13.1 Å². The van der Waals surface area contributed by atoms with Crippen molar-refractivity contribution in [2.45, 2.75) is 20.1 Å². The van der Waals surface area contributed by atoms with Gasteiger partial charge in [-0.15, -0.1) is 0 Å². The lowest BCUT2D eigenvalue weighted by atomic mass is 10.0. The number of likely N-dealkylation sites (tertiary alicyclic amines) is 1. The molecule has 78 valence electrons. The van der Waals surface area contributed by atoms with Crippen molar-refractivity contribution in [1.82, 2.24) is 4.90 Å². The van der Waals surface area contributed by atoms with Gasteiger partial charge in [0.25, 0.3) is 0 Å². The quantitative estimate of drug-likeness (QED) is 0.617. The summed E-state index contributed by atoms with van der Waals surface area (Å²) in [6, 6.07) is 0. The van der Waals surface area contributed by atoms with Crippen molar-refractivity contribution in [1.29, 1.82) is 0 Å². The molecule has 0 radical (unpaired) electrons. The van der Waals surface area contributed by atoms with Gasteiger partial charge in [0.15, 0.2) is 6.29 Å². The Bertz CT molecular complexity index is 138. The third-order valence-corrected chi connectivity index (χ3v) is 3.00. The molecule has 0 saturated carbocycles. The maximum absolute atomic E-state index is 5.17. The number of rotatable bonds is 4. The molecule has 1 heterocycles. The number of nitrogens with zero attached hydrogens (tertiary/aromatic N) is 1. The largest absolute Gasteiger partial charge is 0.355 e. The molecule has 13 heavy (non-hydrogen) atoms. The van der Waals surface area contributed by atoms with Crippen LogP contribution in [0.4, 0.5) is 0 Å². The highest BCUT2D eigenvalue weighted by Gasteiger charge is 2.27. The van der Waals surface area contributed by atoms with Crippen molar-refractivity contribution in [2.75, 3.05) is 33.9 Å². The van der Waals surface area contributed by atoms with Crippen molar-refractivity contribution >= 4 is 0 Å². The van der Waals surface area contributed by atoms with E-state index in [1.807, 2.05) is 0 Å². The van der Waals surface area contributed by atoms with Crippen LogP contribution in [0.3, 0.4) is 0 Å². The van der Waals surface area contributed by atoms with E-state index in [4.69, 9.17) is 9.47 Å². The monoisotopic (exact) mass is 187 g/mol. The molecule has 3 heteroatoms. The topological polar surface area (TPSA) is 21.7 Å². The Balaban J connectivity index is 2.30. The lowest BCUT2D eigenvalue weighted by molar-refractivity contribution is -0.114. The van der Waals surface area contributed by atoms with E-state index in [-0.39, 0.29) is 6.29 Å². The minimum absolute atomic E-state index is 0.0718. The van der Waals surface area contributed by atoms with Crippen LogP contribution in [0.15, 0.2) is 0 Å². The van der Waals surface area contributed by atoms with Crippen LogP contribution in [-0.4, -0.2) is 45.0 Å². The standard InChI is InChI=1S/C10H21NO2/c1-8-5-11(6-9(8)2)7-10(12-3)13-4/h8-10H,5-7H2,1-4H3. The van der Waals surface area contributed by atoms with E-state index in [2.05, 4.69) is 18.7 Å². The van der Waals surface area contributed by atoms with E-state index >= 15 is 0 Å². The lowest BCUT2D eigenvalue weighted by Gasteiger charge is -2.21. The molecule has 1 fully saturated rings. The Morgan fingerprint density at radius 2 is 1.62 bits per heavy atom. The Kier molecular flexibility index (Phi) is 4.16. The first-order valence-corrected chi connectivity index (χ1v) is 4.95. The van der Waals surface area contributed by atoms with Gasteiger partial charge in [0.2, 0.25) is 0 Å². The molecule has 0 bridgehead atoms.